The molecule has 2 aliphatic rings. The van der Waals surface area contributed by atoms with Crippen LogP contribution in [0.25, 0.3) is 0 Å². The second kappa shape index (κ2) is 6.19. The lowest BCUT2D eigenvalue weighted by atomic mass is 10.2. The van der Waals surface area contributed by atoms with Crippen molar-refractivity contribution >= 4 is 5.91 Å². The summed E-state index contributed by atoms with van der Waals surface area (Å²) in [7, 11) is 0. The maximum absolute atomic E-state index is 11.4. The number of nitrogens with zero attached hydrogens (tertiary/aromatic N) is 2. The summed E-state index contributed by atoms with van der Waals surface area (Å²) in [5.74, 6) is 5.80. The van der Waals surface area contributed by atoms with Gasteiger partial charge in [0.2, 0.25) is 0 Å². The topological polar surface area (TPSA) is 64.0 Å². The fraction of sp³-hybridized carbons (Fsp3) is 0.769. The summed E-state index contributed by atoms with van der Waals surface area (Å²) in [4.78, 5) is 15.2. The minimum Gasteiger partial charge on any atom is -0.395 e. The number of likely N-dealkylation sites (tertiary alicyclic amines) is 2. The first-order chi connectivity index (χ1) is 8.72. The molecule has 1 amide bonds. The maximum atomic E-state index is 11.4. The molecule has 100 valence electrons. The number of amides is 1. The van der Waals surface area contributed by atoms with Crippen LogP contribution < -0.4 is 0 Å². The van der Waals surface area contributed by atoms with Crippen LogP contribution in [0, 0.1) is 11.8 Å². The molecular weight excluding hydrogens is 232 g/mol. The fourth-order valence-electron chi connectivity index (χ4n) is 2.50. The molecule has 0 aliphatic carbocycles. The van der Waals surface area contributed by atoms with Crippen LogP contribution in [-0.4, -0.2) is 70.9 Å². The molecule has 0 aromatic rings. The van der Waals surface area contributed by atoms with Crippen LogP contribution in [0.3, 0.4) is 0 Å². The molecule has 0 spiro atoms. The van der Waals surface area contributed by atoms with Gasteiger partial charge in [0.25, 0.3) is 5.91 Å². The van der Waals surface area contributed by atoms with Crippen molar-refractivity contribution in [2.24, 2.45) is 0 Å². The second-order valence-corrected chi connectivity index (χ2v) is 4.87. The van der Waals surface area contributed by atoms with Gasteiger partial charge in [-0.15, -0.1) is 0 Å². The van der Waals surface area contributed by atoms with Crippen LogP contribution >= 0.6 is 0 Å². The molecule has 2 rings (SSSR count). The van der Waals surface area contributed by atoms with Gasteiger partial charge in [-0.1, -0.05) is 11.8 Å². The lowest BCUT2D eigenvalue weighted by Crippen LogP contribution is -2.32. The van der Waals surface area contributed by atoms with Crippen molar-refractivity contribution in [3.8, 4) is 11.8 Å². The Morgan fingerprint density at radius 3 is 2.67 bits per heavy atom. The van der Waals surface area contributed by atoms with Gasteiger partial charge in [0, 0.05) is 12.6 Å². The first-order valence-corrected chi connectivity index (χ1v) is 6.50. The van der Waals surface area contributed by atoms with Crippen LogP contribution in [0.1, 0.15) is 19.3 Å². The Morgan fingerprint density at radius 2 is 2.00 bits per heavy atom. The summed E-state index contributed by atoms with van der Waals surface area (Å²) in [6.45, 7) is 2.82. The quantitative estimate of drug-likeness (QED) is 0.635. The fourth-order valence-corrected chi connectivity index (χ4v) is 2.50. The number of rotatable bonds is 3. The highest BCUT2D eigenvalue weighted by molar-refractivity contribution is 5.82. The monoisotopic (exact) mass is 252 g/mol. The minimum absolute atomic E-state index is 0.193. The van der Waals surface area contributed by atoms with E-state index < -0.39 is 6.10 Å². The number of hydrogen-bond donors (Lipinski definition) is 2. The van der Waals surface area contributed by atoms with Gasteiger partial charge in [0.15, 0.2) is 0 Å². The van der Waals surface area contributed by atoms with Crippen molar-refractivity contribution < 1.29 is 15.0 Å². The van der Waals surface area contributed by atoms with E-state index in [-0.39, 0.29) is 18.6 Å². The molecule has 2 heterocycles. The van der Waals surface area contributed by atoms with Gasteiger partial charge in [0.05, 0.1) is 19.7 Å². The van der Waals surface area contributed by atoms with E-state index >= 15 is 0 Å². The molecule has 5 heteroatoms. The molecule has 0 radical (unpaired) electrons. The van der Waals surface area contributed by atoms with E-state index in [1.807, 2.05) is 0 Å². The molecule has 2 atom stereocenters. The van der Waals surface area contributed by atoms with E-state index in [1.54, 1.807) is 4.90 Å². The highest BCUT2D eigenvalue weighted by Crippen LogP contribution is 2.15. The third kappa shape index (κ3) is 3.02. The van der Waals surface area contributed by atoms with Crippen LogP contribution in [0.2, 0.25) is 0 Å². The molecule has 0 aromatic carbocycles. The first-order valence-electron chi connectivity index (χ1n) is 6.50. The maximum Gasteiger partial charge on any atom is 0.252 e. The van der Waals surface area contributed by atoms with Crippen molar-refractivity contribution in [1.29, 1.82) is 0 Å². The van der Waals surface area contributed by atoms with Crippen molar-refractivity contribution in [3.05, 3.63) is 0 Å². The van der Waals surface area contributed by atoms with Gasteiger partial charge in [-0.25, -0.2) is 0 Å². The van der Waals surface area contributed by atoms with Crippen LogP contribution in [0.15, 0.2) is 0 Å². The smallest absolute Gasteiger partial charge is 0.252 e. The molecule has 2 aliphatic heterocycles. The zero-order valence-electron chi connectivity index (χ0n) is 10.5. The van der Waals surface area contributed by atoms with Crippen molar-refractivity contribution in [3.63, 3.8) is 0 Å². The molecule has 0 aromatic heterocycles. The van der Waals surface area contributed by atoms with Gasteiger partial charge in [-0.2, -0.15) is 0 Å². The normalized spacial score (nSPS) is 28.6. The summed E-state index contributed by atoms with van der Waals surface area (Å²) < 4.78 is 0. The standard InChI is InChI=1S/C13H20N2O3/c16-10-11-4-3-8-14(11)6-1-2-7-15-9-5-12(17)13(15)18/h11-12,16-17H,3-10H2. The molecule has 2 unspecified atom stereocenters. The van der Waals surface area contributed by atoms with E-state index in [0.29, 0.717) is 26.1 Å². The zero-order valence-corrected chi connectivity index (χ0v) is 10.5. The third-order valence-corrected chi connectivity index (χ3v) is 3.66. The van der Waals surface area contributed by atoms with Gasteiger partial charge in [-0.3, -0.25) is 9.69 Å². The van der Waals surface area contributed by atoms with E-state index in [9.17, 15) is 9.90 Å². The summed E-state index contributed by atoms with van der Waals surface area (Å²) in [6, 6.07) is 0.245. The minimum atomic E-state index is -0.829. The molecular formula is C13H20N2O3. The zero-order chi connectivity index (χ0) is 13.0. The SMILES string of the molecule is O=C1C(O)CCN1CC#CCN1CCCC1CO. The molecule has 2 N–H and O–H groups in total. The summed E-state index contributed by atoms with van der Waals surface area (Å²) in [5, 5.41) is 18.4. The van der Waals surface area contributed by atoms with Crippen LogP contribution in [0.4, 0.5) is 0 Å². The summed E-state index contributed by atoms with van der Waals surface area (Å²) in [6.07, 6.45) is 1.84. The average Bonchev–Trinajstić information content (AvgIpc) is 2.95. The Labute approximate surface area is 107 Å². The lowest BCUT2D eigenvalue weighted by molar-refractivity contribution is -0.133. The first kappa shape index (κ1) is 13.3. The van der Waals surface area contributed by atoms with Gasteiger partial charge >= 0.3 is 0 Å². The molecule has 0 bridgehead atoms. The largest absolute Gasteiger partial charge is 0.395 e. The van der Waals surface area contributed by atoms with Crippen molar-refractivity contribution in [2.75, 3.05) is 32.8 Å². The Kier molecular flexibility index (Phi) is 4.59. The second-order valence-electron chi connectivity index (χ2n) is 4.87. The Balaban J connectivity index is 1.74. The molecule has 5 nitrogen and oxygen atoms in total. The lowest BCUT2D eigenvalue weighted by Gasteiger charge is -2.19. The van der Waals surface area contributed by atoms with Gasteiger partial charge in [-0.05, 0) is 25.8 Å². The third-order valence-electron chi connectivity index (χ3n) is 3.66. The van der Waals surface area contributed by atoms with Crippen LogP contribution in [-0.2, 0) is 4.79 Å². The van der Waals surface area contributed by atoms with Crippen molar-refractivity contribution in [1.82, 2.24) is 9.80 Å². The Morgan fingerprint density at radius 1 is 1.22 bits per heavy atom. The molecule has 2 fully saturated rings. The highest BCUT2D eigenvalue weighted by atomic mass is 16.3. The van der Waals surface area contributed by atoms with E-state index in [0.717, 1.165) is 19.4 Å². The van der Waals surface area contributed by atoms with E-state index in [4.69, 9.17) is 5.11 Å². The molecule has 18 heavy (non-hydrogen) atoms. The molecule has 0 saturated carbocycles. The Hall–Kier alpha value is -1.09. The van der Waals surface area contributed by atoms with E-state index in [1.165, 1.54) is 0 Å². The Bertz CT molecular complexity index is 361. The average molecular weight is 252 g/mol. The highest BCUT2D eigenvalue weighted by Gasteiger charge is 2.28. The van der Waals surface area contributed by atoms with E-state index in [2.05, 4.69) is 16.7 Å². The van der Waals surface area contributed by atoms with Gasteiger partial charge < -0.3 is 15.1 Å². The van der Waals surface area contributed by atoms with Gasteiger partial charge in [0.1, 0.15) is 6.10 Å². The number of carbonyl (C=O) groups excluding carboxylic acids is 1. The number of aliphatic hydroxyl groups is 2. The molecule has 2 saturated heterocycles. The number of hydrogen-bond acceptors (Lipinski definition) is 4. The summed E-state index contributed by atoms with van der Waals surface area (Å²) in [5.41, 5.74) is 0. The predicted octanol–water partition coefficient (Wildman–Crippen LogP) is -0.960. The number of aliphatic hydroxyl groups excluding tert-OH is 2. The predicted molar refractivity (Wildman–Crippen MR) is 66.7 cm³/mol. The summed E-state index contributed by atoms with van der Waals surface area (Å²) >= 11 is 0. The van der Waals surface area contributed by atoms with Crippen molar-refractivity contribution in [2.45, 2.75) is 31.4 Å². The number of carbonyl (C=O) groups is 1. The van der Waals surface area contributed by atoms with Crippen LogP contribution in [0.5, 0.6) is 0 Å².